The number of nitrogens with two attached hydrogens (primary N) is 1. The topological polar surface area (TPSA) is 75.4 Å². The summed E-state index contributed by atoms with van der Waals surface area (Å²) < 4.78 is 0. The molecule has 0 radical (unpaired) electrons. The predicted octanol–water partition coefficient (Wildman–Crippen LogP) is -0.434. The number of carbonyl (C=O) groups is 2. The minimum absolute atomic E-state index is 0.0419. The summed E-state index contributed by atoms with van der Waals surface area (Å²) in [6.45, 7) is 5.26. The van der Waals surface area contributed by atoms with Gasteiger partial charge in [-0.15, -0.1) is 0 Å². The third-order valence-electron chi connectivity index (χ3n) is 4.12. The Balaban J connectivity index is 1.83. The van der Waals surface area contributed by atoms with Gasteiger partial charge in [-0.2, -0.15) is 0 Å². The van der Waals surface area contributed by atoms with Crippen molar-refractivity contribution in [2.24, 2.45) is 23.5 Å². The maximum atomic E-state index is 12.2. The van der Waals surface area contributed by atoms with Gasteiger partial charge in [-0.25, -0.2) is 0 Å². The summed E-state index contributed by atoms with van der Waals surface area (Å²) in [5, 5.41) is 3.19. The summed E-state index contributed by atoms with van der Waals surface area (Å²) in [4.78, 5) is 25.1. The Morgan fingerprint density at radius 2 is 1.88 bits per heavy atom. The SMILES string of the molecule is CC(C(=O)N1CCC(C(N)=O)CC1)C1CNC1. The van der Waals surface area contributed by atoms with E-state index in [0.717, 1.165) is 25.9 Å². The van der Waals surface area contributed by atoms with Crippen LogP contribution in [0.25, 0.3) is 0 Å². The van der Waals surface area contributed by atoms with Crippen molar-refractivity contribution in [3.05, 3.63) is 0 Å². The van der Waals surface area contributed by atoms with Gasteiger partial charge in [0.15, 0.2) is 0 Å². The Morgan fingerprint density at radius 3 is 2.29 bits per heavy atom. The molecule has 0 saturated carbocycles. The second-order valence-electron chi connectivity index (χ2n) is 5.21. The molecule has 3 N–H and O–H groups in total. The van der Waals surface area contributed by atoms with Crippen LogP contribution < -0.4 is 11.1 Å². The quantitative estimate of drug-likeness (QED) is 0.701. The van der Waals surface area contributed by atoms with Crippen molar-refractivity contribution in [1.82, 2.24) is 10.2 Å². The predicted molar refractivity (Wildman–Crippen MR) is 64.0 cm³/mol. The van der Waals surface area contributed by atoms with Crippen LogP contribution in [0, 0.1) is 17.8 Å². The van der Waals surface area contributed by atoms with E-state index in [-0.39, 0.29) is 23.7 Å². The summed E-state index contributed by atoms with van der Waals surface area (Å²) in [5.41, 5.74) is 5.28. The van der Waals surface area contributed by atoms with Crippen LogP contribution in [-0.2, 0) is 9.59 Å². The zero-order valence-electron chi connectivity index (χ0n) is 10.3. The van der Waals surface area contributed by atoms with Crippen molar-refractivity contribution >= 4 is 11.8 Å². The van der Waals surface area contributed by atoms with Crippen molar-refractivity contribution in [2.45, 2.75) is 19.8 Å². The van der Waals surface area contributed by atoms with E-state index in [1.807, 2.05) is 11.8 Å². The van der Waals surface area contributed by atoms with Crippen molar-refractivity contribution < 1.29 is 9.59 Å². The Morgan fingerprint density at radius 1 is 1.29 bits per heavy atom. The number of nitrogens with one attached hydrogen (secondary N) is 1. The summed E-state index contributed by atoms with van der Waals surface area (Å²) in [6.07, 6.45) is 1.44. The molecule has 0 aromatic rings. The third-order valence-corrected chi connectivity index (χ3v) is 4.12. The molecule has 0 spiro atoms. The monoisotopic (exact) mass is 239 g/mol. The molecule has 0 aromatic carbocycles. The molecule has 0 aliphatic carbocycles. The van der Waals surface area contributed by atoms with Crippen LogP contribution in [0.3, 0.4) is 0 Å². The Bertz CT molecular complexity index is 307. The van der Waals surface area contributed by atoms with Crippen molar-refractivity contribution in [2.75, 3.05) is 26.2 Å². The van der Waals surface area contributed by atoms with Gasteiger partial charge in [-0.05, 0) is 31.8 Å². The first-order chi connectivity index (χ1) is 8.09. The lowest BCUT2D eigenvalue weighted by Gasteiger charge is -2.37. The van der Waals surface area contributed by atoms with Gasteiger partial charge in [0.1, 0.15) is 0 Å². The lowest BCUT2D eigenvalue weighted by molar-refractivity contribution is -0.140. The van der Waals surface area contributed by atoms with Crippen LogP contribution in [-0.4, -0.2) is 42.9 Å². The highest BCUT2D eigenvalue weighted by atomic mass is 16.2. The number of primary amides is 1. The first-order valence-electron chi connectivity index (χ1n) is 6.38. The number of nitrogens with zero attached hydrogens (tertiary/aromatic N) is 1. The molecule has 2 heterocycles. The molecular formula is C12H21N3O2. The molecule has 5 nitrogen and oxygen atoms in total. The normalized spacial score (nSPS) is 24.2. The molecule has 96 valence electrons. The highest BCUT2D eigenvalue weighted by Gasteiger charge is 2.33. The van der Waals surface area contributed by atoms with Gasteiger partial charge < -0.3 is 16.0 Å². The van der Waals surface area contributed by atoms with Crippen LogP contribution in [0.5, 0.6) is 0 Å². The highest BCUT2D eigenvalue weighted by Crippen LogP contribution is 2.22. The van der Waals surface area contributed by atoms with Crippen LogP contribution in [0.15, 0.2) is 0 Å². The first kappa shape index (κ1) is 12.4. The Hall–Kier alpha value is -1.10. The van der Waals surface area contributed by atoms with E-state index >= 15 is 0 Å². The number of carbonyl (C=O) groups excluding carboxylic acids is 2. The molecule has 0 aromatic heterocycles. The average Bonchev–Trinajstić information content (AvgIpc) is 2.25. The fourth-order valence-corrected chi connectivity index (χ4v) is 2.54. The average molecular weight is 239 g/mol. The summed E-state index contributed by atoms with van der Waals surface area (Å²) in [6, 6.07) is 0. The smallest absolute Gasteiger partial charge is 0.225 e. The fraction of sp³-hybridized carbons (Fsp3) is 0.833. The van der Waals surface area contributed by atoms with Gasteiger partial charge >= 0.3 is 0 Å². The molecule has 1 unspecified atom stereocenters. The van der Waals surface area contributed by atoms with E-state index in [0.29, 0.717) is 19.0 Å². The number of likely N-dealkylation sites (tertiary alicyclic amines) is 1. The molecule has 0 bridgehead atoms. The van der Waals surface area contributed by atoms with Gasteiger partial charge in [-0.3, -0.25) is 9.59 Å². The molecule has 2 aliphatic rings. The zero-order valence-corrected chi connectivity index (χ0v) is 10.3. The number of rotatable bonds is 3. The summed E-state index contributed by atoms with van der Waals surface area (Å²) in [7, 11) is 0. The van der Waals surface area contributed by atoms with Crippen molar-refractivity contribution in [3.8, 4) is 0 Å². The van der Waals surface area contributed by atoms with E-state index in [1.165, 1.54) is 0 Å². The molecule has 17 heavy (non-hydrogen) atoms. The van der Waals surface area contributed by atoms with Gasteiger partial charge in [0.25, 0.3) is 0 Å². The van der Waals surface area contributed by atoms with Crippen LogP contribution >= 0.6 is 0 Å². The fourth-order valence-electron chi connectivity index (χ4n) is 2.54. The van der Waals surface area contributed by atoms with E-state index in [2.05, 4.69) is 5.32 Å². The third kappa shape index (κ3) is 2.60. The molecule has 1 atom stereocenters. The molecule has 2 rings (SSSR count). The summed E-state index contributed by atoms with van der Waals surface area (Å²) >= 11 is 0. The van der Waals surface area contributed by atoms with Crippen molar-refractivity contribution in [3.63, 3.8) is 0 Å². The van der Waals surface area contributed by atoms with Crippen LogP contribution in [0.4, 0.5) is 0 Å². The second-order valence-corrected chi connectivity index (χ2v) is 5.21. The zero-order chi connectivity index (χ0) is 12.4. The maximum absolute atomic E-state index is 12.2. The van der Waals surface area contributed by atoms with Crippen molar-refractivity contribution in [1.29, 1.82) is 0 Å². The lowest BCUT2D eigenvalue weighted by atomic mass is 9.87. The van der Waals surface area contributed by atoms with E-state index in [9.17, 15) is 9.59 Å². The van der Waals surface area contributed by atoms with Gasteiger partial charge in [0, 0.05) is 24.9 Å². The van der Waals surface area contributed by atoms with Gasteiger partial charge in [0.2, 0.25) is 11.8 Å². The highest BCUT2D eigenvalue weighted by molar-refractivity contribution is 5.80. The number of hydrogen-bond acceptors (Lipinski definition) is 3. The van der Waals surface area contributed by atoms with Gasteiger partial charge in [0.05, 0.1) is 0 Å². The molecule has 2 fully saturated rings. The molecular weight excluding hydrogens is 218 g/mol. The largest absolute Gasteiger partial charge is 0.369 e. The Labute approximate surface area is 102 Å². The molecule has 2 saturated heterocycles. The standard InChI is InChI=1S/C12H21N3O2/c1-8(10-6-14-7-10)12(17)15-4-2-9(3-5-15)11(13)16/h8-10,14H,2-7H2,1H3,(H2,13,16). The van der Waals surface area contributed by atoms with E-state index < -0.39 is 0 Å². The number of piperidine rings is 1. The van der Waals surface area contributed by atoms with E-state index in [1.54, 1.807) is 0 Å². The number of hydrogen-bond donors (Lipinski definition) is 2. The first-order valence-corrected chi connectivity index (χ1v) is 6.38. The molecule has 2 amide bonds. The van der Waals surface area contributed by atoms with Crippen LogP contribution in [0.1, 0.15) is 19.8 Å². The summed E-state index contributed by atoms with van der Waals surface area (Å²) in [5.74, 6) is 0.547. The minimum atomic E-state index is -0.228. The second kappa shape index (κ2) is 5.04. The molecule has 5 heteroatoms. The van der Waals surface area contributed by atoms with E-state index in [4.69, 9.17) is 5.73 Å². The number of amides is 2. The lowest BCUT2D eigenvalue weighted by Crippen LogP contribution is -2.52. The Kier molecular flexibility index (Phi) is 3.66. The maximum Gasteiger partial charge on any atom is 0.225 e. The molecule has 2 aliphatic heterocycles. The van der Waals surface area contributed by atoms with Gasteiger partial charge in [-0.1, -0.05) is 6.92 Å². The van der Waals surface area contributed by atoms with Crippen LogP contribution in [0.2, 0.25) is 0 Å². The minimum Gasteiger partial charge on any atom is -0.369 e.